The van der Waals surface area contributed by atoms with E-state index in [0.717, 1.165) is 11.1 Å². The maximum Gasteiger partial charge on any atom is 0.315 e. The molecule has 5 nitrogen and oxygen atoms in total. The summed E-state index contributed by atoms with van der Waals surface area (Å²) in [5.74, 6) is 0. The maximum atomic E-state index is 11.8. The summed E-state index contributed by atoms with van der Waals surface area (Å²) in [5, 5.41) is 14.6. The summed E-state index contributed by atoms with van der Waals surface area (Å²) < 4.78 is 5.61. The highest BCUT2D eigenvalue weighted by Crippen LogP contribution is 2.17. The molecular weight excluding hydrogens is 268 g/mol. The molecule has 1 aromatic rings. The fourth-order valence-corrected chi connectivity index (χ4v) is 1.82. The van der Waals surface area contributed by atoms with Crippen LogP contribution in [-0.2, 0) is 4.74 Å². The minimum atomic E-state index is -0.282. The van der Waals surface area contributed by atoms with E-state index in [1.807, 2.05) is 52.0 Å². The van der Waals surface area contributed by atoms with Gasteiger partial charge in [0.1, 0.15) is 0 Å². The Balaban J connectivity index is 2.62. The van der Waals surface area contributed by atoms with Gasteiger partial charge in [0.05, 0.1) is 19.3 Å². The number of rotatable bonds is 6. The molecule has 1 aromatic carbocycles. The molecule has 0 spiro atoms. The van der Waals surface area contributed by atoms with Gasteiger partial charge in [-0.15, -0.1) is 0 Å². The van der Waals surface area contributed by atoms with Gasteiger partial charge in [-0.1, -0.05) is 29.8 Å². The zero-order valence-electron chi connectivity index (χ0n) is 13.3. The molecular formula is C16H26N2O3. The molecule has 1 atom stereocenters. The third kappa shape index (κ3) is 7.11. The summed E-state index contributed by atoms with van der Waals surface area (Å²) in [6.45, 7) is 8.33. The van der Waals surface area contributed by atoms with Crippen LogP contribution >= 0.6 is 0 Å². The summed E-state index contributed by atoms with van der Waals surface area (Å²) >= 11 is 0. The molecule has 0 saturated carbocycles. The van der Waals surface area contributed by atoms with E-state index in [1.165, 1.54) is 0 Å². The smallest absolute Gasteiger partial charge is 0.315 e. The number of amides is 2. The molecule has 1 rings (SSSR count). The summed E-state index contributed by atoms with van der Waals surface area (Å²) in [6, 6.07) is 7.72. The van der Waals surface area contributed by atoms with Gasteiger partial charge in [-0.05, 0) is 33.3 Å². The molecule has 0 radical (unpaired) electrons. The van der Waals surface area contributed by atoms with Gasteiger partial charge in [-0.3, -0.25) is 0 Å². The fraction of sp³-hybridized carbons (Fsp3) is 0.562. The van der Waals surface area contributed by atoms with Crippen LogP contribution in [0.25, 0.3) is 0 Å². The van der Waals surface area contributed by atoms with E-state index in [9.17, 15) is 4.79 Å². The van der Waals surface area contributed by atoms with Crippen molar-refractivity contribution < 1.29 is 14.6 Å². The first-order chi connectivity index (χ1) is 9.81. The fourth-order valence-electron chi connectivity index (χ4n) is 1.82. The van der Waals surface area contributed by atoms with E-state index in [-0.39, 0.29) is 30.9 Å². The summed E-state index contributed by atoms with van der Waals surface area (Å²) in [7, 11) is 0. The molecule has 0 aliphatic carbocycles. The van der Waals surface area contributed by atoms with Crippen molar-refractivity contribution in [3.8, 4) is 0 Å². The van der Waals surface area contributed by atoms with Crippen LogP contribution in [0, 0.1) is 6.92 Å². The first kappa shape index (κ1) is 17.5. The lowest BCUT2D eigenvalue weighted by Gasteiger charge is -2.23. The monoisotopic (exact) mass is 294 g/mol. The molecule has 1 unspecified atom stereocenters. The van der Waals surface area contributed by atoms with Gasteiger partial charge in [0.15, 0.2) is 0 Å². The van der Waals surface area contributed by atoms with E-state index in [2.05, 4.69) is 10.6 Å². The third-order valence-corrected chi connectivity index (χ3v) is 2.80. The molecule has 0 saturated heterocycles. The summed E-state index contributed by atoms with van der Waals surface area (Å²) in [4.78, 5) is 11.8. The molecule has 5 heteroatoms. The highest BCUT2D eigenvalue weighted by atomic mass is 16.5. The number of ether oxygens (including phenoxy) is 1. The van der Waals surface area contributed by atoms with E-state index in [0.29, 0.717) is 6.54 Å². The zero-order valence-corrected chi connectivity index (χ0v) is 13.3. The SMILES string of the molecule is Cc1ccc(C(CNC(=O)NC(C)(C)C)OCCO)cc1. The third-order valence-electron chi connectivity index (χ3n) is 2.80. The highest BCUT2D eigenvalue weighted by Gasteiger charge is 2.16. The van der Waals surface area contributed by atoms with Crippen molar-refractivity contribution in [2.24, 2.45) is 0 Å². The van der Waals surface area contributed by atoms with Crippen molar-refractivity contribution in [2.75, 3.05) is 19.8 Å². The number of hydrogen-bond donors (Lipinski definition) is 3. The molecule has 2 amide bonds. The lowest BCUT2D eigenvalue weighted by molar-refractivity contribution is 0.0293. The van der Waals surface area contributed by atoms with Crippen LogP contribution in [0.2, 0.25) is 0 Å². The van der Waals surface area contributed by atoms with Gasteiger partial charge in [0.2, 0.25) is 0 Å². The largest absolute Gasteiger partial charge is 0.394 e. The molecule has 0 heterocycles. The van der Waals surface area contributed by atoms with Crippen molar-refractivity contribution >= 4 is 6.03 Å². The average Bonchev–Trinajstić information content (AvgIpc) is 2.38. The molecule has 0 fully saturated rings. The first-order valence-corrected chi connectivity index (χ1v) is 7.17. The Bertz CT molecular complexity index is 438. The lowest BCUT2D eigenvalue weighted by Crippen LogP contribution is -2.47. The number of aryl methyl sites for hydroxylation is 1. The first-order valence-electron chi connectivity index (χ1n) is 7.17. The predicted molar refractivity (Wildman–Crippen MR) is 83.2 cm³/mol. The molecule has 3 N–H and O–H groups in total. The number of carbonyl (C=O) groups is 1. The van der Waals surface area contributed by atoms with Crippen LogP contribution in [0.15, 0.2) is 24.3 Å². The standard InChI is InChI=1S/C16H26N2O3/c1-12-5-7-13(8-6-12)14(21-10-9-19)11-17-15(20)18-16(2,3)4/h5-8,14,19H,9-11H2,1-4H3,(H2,17,18,20). The molecule has 0 aliphatic heterocycles. The topological polar surface area (TPSA) is 70.6 Å². The maximum absolute atomic E-state index is 11.8. The Morgan fingerprint density at radius 2 is 1.90 bits per heavy atom. The molecule has 21 heavy (non-hydrogen) atoms. The summed E-state index contributed by atoms with van der Waals surface area (Å²) in [6.07, 6.45) is -0.275. The van der Waals surface area contributed by atoms with Gasteiger partial charge in [0, 0.05) is 12.1 Å². The van der Waals surface area contributed by atoms with Gasteiger partial charge >= 0.3 is 6.03 Å². The Kier molecular flexibility index (Phi) is 6.65. The number of nitrogens with one attached hydrogen (secondary N) is 2. The molecule has 118 valence electrons. The van der Waals surface area contributed by atoms with Crippen LogP contribution in [0.5, 0.6) is 0 Å². The minimum Gasteiger partial charge on any atom is -0.394 e. The number of urea groups is 1. The van der Waals surface area contributed by atoms with E-state index >= 15 is 0 Å². The Hall–Kier alpha value is -1.59. The van der Waals surface area contributed by atoms with Crippen molar-refractivity contribution in [1.29, 1.82) is 0 Å². The summed E-state index contributed by atoms with van der Waals surface area (Å²) in [5.41, 5.74) is 1.86. The number of hydrogen-bond acceptors (Lipinski definition) is 3. The van der Waals surface area contributed by atoms with Gasteiger partial charge in [-0.25, -0.2) is 4.79 Å². The Morgan fingerprint density at radius 3 is 2.43 bits per heavy atom. The highest BCUT2D eigenvalue weighted by molar-refractivity contribution is 5.74. The Morgan fingerprint density at radius 1 is 1.29 bits per heavy atom. The van der Waals surface area contributed by atoms with E-state index < -0.39 is 0 Å². The number of aliphatic hydroxyl groups excluding tert-OH is 1. The lowest BCUT2D eigenvalue weighted by atomic mass is 10.1. The number of benzene rings is 1. The van der Waals surface area contributed by atoms with Gasteiger partial charge < -0.3 is 20.5 Å². The van der Waals surface area contributed by atoms with Crippen molar-refractivity contribution in [3.63, 3.8) is 0 Å². The predicted octanol–water partition coefficient (Wildman–Crippen LogP) is 2.14. The van der Waals surface area contributed by atoms with Crippen LogP contribution in [0.4, 0.5) is 4.79 Å². The van der Waals surface area contributed by atoms with Crippen LogP contribution in [0.1, 0.15) is 38.0 Å². The molecule has 0 bridgehead atoms. The number of aliphatic hydroxyl groups is 1. The second-order valence-electron chi connectivity index (χ2n) is 6.08. The van der Waals surface area contributed by atoms with Gasteiger partial charge in [-0.2, -0.15) is 0 Å². The van der Waals surface area contributed by atoms with Crippen molar-refractivity contribution in [3.05, 3.63) is 35.4 Å². The van der Waals surface area contributed by atoms with Crippen LogP contribution in [0.3, 0.4) is 0 Å². The van der Waals surface area contributed by atoms with Crippen LogP contribution < -0.4 is 10.6 Å². The van der Waals surface area contributed by atoms with Crippen LogP contribution in [-0.4, -0.2) is 36.4 Å². The van der Waals surface area contributed by atoms with Crippen molar-refractivity contribution in [1.82, 2.24) is 10.6 Å². The number of carbonyl (C=O) groups excluding carboxylic acids is 1. The average molecular weight is 294 g/mol. The molecule has 0 aromatic heterocycles. The van der Waals surface area contributed by atoms with Crippen molar-refractivity contribution in [2.45, 2.75) is 39.3 Å². The van der Waals surface area contributed by atoms with E-state index in [1.54, 1.807) is 0 Å². The Labute approximate surface area is 126 Å². The second kappa shape index (κ2) is 8.00. The second-order valence-corrected chi connectivity index (χ2v) is 6.08. The van der Waals surface area contributed by atoms with E-state index in [4.69, 9.17) is 9.84 Å². The molecule has 0 aliphatic rings. The van der Waals surface area contributed by atoms with Gasteiger partial charge in [0.25, 0.3) is 0 Å². The zero-order chi connectivity index (χ0) is 15.9. The minimum absolute atomic E-state index is 0.0451. The normalized spacial score (nSPS) is 12.8. The quantitative estimate of drug-likeness (QED) is 0.753.